The second-order valence-electron chi connectivity index (χ2n) is 6.19. The summed E-state index contributed by atoms with van der Waals surface area (Å²) in [5, 5.41) is 5.17. The summed E-state index contributed by atoms with van der Waals surface area (Å²) < 4.78 is 40.6. The van der Waals surface area contributed by atoms with Gasteiger partial charge in [-0.15, -0.1) is 0 Å². The van der Waals surface area contributed by atoms with Gasteiger partial charge in [-0.25, -0.2) is 22.3 Å². The highest BCUT2D eigenvalue weighted by Gasteiger charge is 2.16. The molecule has 0 atom stereocenters. The van der Waals surface area contributed by atoms with Crippen molar-refractivity contribution < 1.29 is 17.6 Å². The predicted molar refractivity (Wildman–Crippen MR) is 103 cm³/mol. The summed E-state index contributed by atoms with van der Waals surface area (Å²) in [6.45, 7) is 4.04. The maximum Gasteiger partial charge on any atom is 0.314 e. The summed E-state index contributed by atoms with van der Waals surface area (Å²) in [7, 11) is -3.63. The fourth-order valence-corrected chi connectivity index (χ4v) is 3.87. The zero-order valence-electron chi connectivity index (χ0n) is 15.4. The molecule has 0 saturated carbocycles. The third-order valence-corrected chi connectivity index (χ3v) is 5.58. The number of hydrogen-bond donors (Lipinski definition) is 3. The topological polar surface area (TPSA) is 87.3 Å². The highest BCUT2D eigenvalue weighted by Crippen LogP contribution is 2.16. The van der Waals surface area contributed by atoms with E-state index in [0.717, 1.165) is 5.56 Å². The Hall–Kier alpha value is -2.45. The fraction of sp³-hybridized carbons (Fsp3) is 0.316. The third kappa shape index (κ3) is 6.33. The van der Waals surface area contributed by atoms with E-state index in [2.05, 4.69) is 15.4 Å². The number of amides is 2. The molecule has 0 heterocycles. The molecule has 2 aromatic carbocycles. The molecular weight excluding hydrogens is 369 g/mol. The Kier molecular flexibility index (Phi) is 7.32. The van der Waals surface area contributed by atoms with E-state index in [4.69, 9.17) is 0 Å². The lowest BCUT2D eigenvalue weighted by Crippen LogP contribution is -2.41. The molecule has 8 heteroatoms. The van der Waals surface area contributed by atoms with E-state index >= 15 is 0 Å². The fourth-order valence-electron chi connectivity index (χ4n) is 2.51. The molecule has 3 N–H and O–H groups in total. The summed E-state index contributed by atoms with van der Waals surface area (Å²) in [5.74, 6) is -0.305. The van der Waals surface area contributed by atoms with E-state index in [1.165, 1.54) is 6.07 Å². The molecule has 146 valence electrons. The average Bonchev–Trinajstić information content (AvgIpc) is 2.62. The molecule has 0 saturated heterocycles. The zero-order chi connectivity index (χ0) is 19.9. The number of sulfonamides is 1. The molecule has 2 aromatic rings. The van der Waals surface area contributed by atoms with Gasteiger partial charge in [0.1, 0.15) is 5.82 Å². The average molecular weight is 393 g/mol. The molecule has 0 aliphatic carbocycles. The third-order valence-electron chi connectivity index (χ3n) is 3.97. The summed E-state index contributed by atoms with van der Waals surface area (Å²) in [6, 6.07) is 11.2. The first-order valence-corrected chi connectivity index (χ1v) is 10.1. The number of halogens is 1. The van der Waals surface area contributed by atoms with E-state index < -0.39 is 16.1 Å². The minimum atomic E-state index is -3.63. The van der Waals surface area contributed by atoms with Crippen LogP contribution in [-0.4, -0.2) is 34.1 Å². The van der Waals surface area contributed by atoms with E-state index in [-0.39, 0.29) is 30.3 Å². The molecule has 27 heavy (non-hydrogen) atoms. The molecule has 0 spiro atoms. The predicted octanol–water partition coefficient (Wildman–Crippen LogP) is 2.26. The van der Waals surface area contributed by atoms with Crippen LogP contribution in [-0.2, 0) is 16.4 Å². The Labute approximate surface area is 159 Å². The van der Waals surface area contributed by atoms with Gasteiger partial charge in [0.2, 0.25) is 10.0 Å². The first-order chi connectivity index (χ1) is 12.8. The van der Waals surface area contributed by atoms with Crippen LogP contribution in [0.1, 0.15) is 16.7 Å². The first-order valence-electron chi connectivity index (χ1n) is 8.61. The lowest BCUT2D eigenvalue weighted by atomic mass is 10.1. The van der Waals surface area contributed by atoms with Gasteiger partial charge in [0.25, 0.3) is 0 Å². The van der Waals surface area contributed by atoms with E-state index in [9.17, 15) is 17.6 Å². The molecule has 0 unspecified atom stereocenters. The maximum atomic E-state index is 13.5. The molecule has 2 amide bonds. The van der Waals surface area contributed by atoms with Gasteiger partial charge < -0.3 is 10.6 Å². The Morgan fingerprint density at radius 1 is 1.00 bits per heavy atom. The van der Waals surface area contributed by atoms with Gasteiger partial charge in [-0.3, -0.25) is 0 Å². The van der Waals surface area contributed by atoms with Gasteiger partial charge in [-0.1, -0.05) is 30.3 Å². The molecule has 2 rings (SSSR count). The quantitative estimate of drug-likeness (QED) is 0.601. The first kappa shape index (κ1) is 20.9. The number of carbonyl (C=O) groups is 1. The van der Waals surface area contributed by atoms with Crippen LogP contribution in [0.4, 0.5) is 9.18 Å². The number of urea groups is 1. The number of rotatable bonds is 8. The van der Waals surface area contributed by atoms with Crippen molar-refractivity contribution in [2.24, 2.45) is 0 Å². The number of nitrogens with one attached hydrogen (secondary N) is 3. The minimum absolute atomic E-state index is 0.0659. The highest BCUT2D eigenvalue weighted by atomic mass is 32.2. The summed E-state index contributed by atoms with van der Waals surface area (Å²) in [5.41, 5.74) is 2.04. The zero-order valence-corrected chi connectivity index (χ0v) is 16.2. The standard InChI is InChI=1S/C19H24FN3O3S/c1-14-7-8-15(2)18(13-14)27(25,26)23-12-11-22-19(24)21-10-9-16-5-3-4-6-17(16)20/h3-8,13,23H,9-12H2,1-2H3,(H2,21,22,24). The van der Waals surface area contributed by atoms with Crippen molar-refractivity contribution in [1.29, 1.82) is 0 Å². The monoisotopic (exact) mass is 393 g/mol. The van der Waals surface area contributed by atoms with E-state index in [0.29, 0.717) is 17.5 Å². The van der Waals surface area contributed by atoms with Gasteiger partial charge in [-0.05, 0) is 49.1 Å². The Morgan fingerprint density at radius 3 is 2.44 bits per heavy atom. The largest absolute Gasteiger partial charge is 0.338 e. The maximum absolute atomic E-state index is 13.5. The number of benzene rings is 2. The molecule has 0 radical (unpaired) electrons. The van der Waals surface area contributed by atoms with Crippen LogP contribution >= 0.6 is 0 Å². The van der Waals surface area contributed by atoms with Crippen molar-refractivity contribution in [2.75, 3.05) is 19.6 Å². The smallest absolute Gasteiger partial charge is 0.314 e. The van der Waals surface area contributed by atoms with Crippen molar-refractivity contribution in [3.05, 3.63) is 65.0 Å². The van der Waals surface area contributed by atoms with E-state index in [1.807, 2.05) is 13.0 Å². The van der Waals surface area contributed by atoms with Crippen LogP contribution in [0.5, 0.6) is 0 Å². The van der Waals surface area contributed by atoms with Crippen LogP contribution in [0.15, 0.2) is 47.4 Å². The molecule has 0 aliphatic heterocycles. The second-order valence-corrected chi connectivity index (χ2v) is 7.93. The highest BCUT2D eigenvalue weighted by molar-refractivity contribution is 7.89. The number of aryl methyl sites for hydroxylation is 2. The summed E-state index contributed by atoms with van der Waals surface area (Å²) in [6.07, 6.45) is 0.374. The Balaban J connectivity index is 1.72. The SMILES string of the molecule is Cc1ccc(C)c(S(=O)(=O)NCCNC(=O)NCCc2ccccc2F)c1. The van der Waals surface area contributed by atoms with Crippen molar-refractivity contribution >= 4 is 16.1 Å². The van der Waals surface area contributed by atoms with Gasteiger partial charge >= 0.3 is 6.03 Å². The van der Waals surface area contributed by atoms with Gasteiger partial charge in [0.15, 0.2) is 0 Å². The lowest BCUT2D eigenvalue weighted by molar-refractivity contribution is 0.241. The van der Waals surface area contributed by atoms with Crippen LogP contribution < -0.4 is 15.4 Å². The molecule has 0 fully saturated rings. The Bertz CT molecular complexity index is 901. The summed E-state index contributed by atoms with van der Waals surface area (Å²) in [4.78, 5) is 12.0. The van der Waals surface area contributed by atoms with Crippen molar-refractivity contribution in [3.8, 4) is 0 Å². The second kappa shape index (κ2) is 9.48. The van der Waals surface area contributed by atoms with Crippen LogP contribution in [0, 0.1) is 19.7 Å². The molecular formula is C19H24FN3O3S. The number of hydrogen-bond acceptors (Lipinski definition) is 3. The van der Waals surface area contributed by atoms with Crippen molar-refractivity contribution in [2.45, 2.75) is 25.2 Å². The molecule has 0 aliphatic rings. The molecule has 0 aromatic heterocycles. The van der Waals surface area contributed by atoms with Crippen LogP contribution in [0.25, 0.3) is 0 Å². The van der Waals surface area contributed by atoms with Crippen LogP contribution in [0.2, 0.25) is 0 Å². The van der Waals surface area contributed by atoms with E-state index in [1.54, 1.807) is 37.3 Å². The van der Waals surface area contributed by atoms with Crippen LogP contribution in [0.3, 0.4) is 0 Å². The van der Waals surface area contributed by atoms with Gasteiger partial charge in [0.05, 0.1) is 4.90 Å². The summed E-state index contributed by atoms with van der Waals surface area (Å²) >= 11 is 0. The van der Waals surface area contributed by atoms with Crippen molar-refractivity contribution in [1.82, 2.24) is 15.4 Å². The lowest BCUT2D eigenvalue weighted by Gasteiger charge is -2.11. The Morgan fingerprint density at radius 2 is 1.70 bits per heavy atom. The normalized spacial score (nSPS) is 11.2. The molecule has 6 nitrogen and oxygen atoms in total. The number of carbonyl (C=O) groups excluding carboxylic acids is 1. The van der Waals surface area contributed by atoms with Gasteiger partial charge in [-0.2, -0.15) is 0 Å². The molecule has 0 bridgehead atoms. The minimum Gasteiger partial charge on any atom is -0.338 e. The van der Waals surface area contributed by atoms with Crippen molar-refractivity contribution in [3.63, 3.8) is 0 Å². The van der Waals surface area contributed by atoms with Gasteiger partial charge in [0, 0.05) is 19.6 Å².